The molecule has 0 aromatic heterocycles. The lowest BCUT2D eigenvalue weighted by Gasteiger charge is -2.20. The van der Waals surface area contributed by atoms with Gasteiger partial charge in [-0.2, -0.15) is 0 Å². The summed E-state index contributed by atoms with van der Waals surface area (Å²) in [5.74, 6) is 0. The highest BCUT2D eigenvalue weighted by atomic mass is 16.3. The number of anilines is 1. The van der Waals surface area contributed by atoms with E-state index >= 15 is 0 Å². The van der Waals surface area contributed by atoms with E-state index in [-0.39, 0.29) is 12.6 Å². The van der Waals surface area contributed by atoms with Crippen LogP contribution in [-0.2, 0) is 0 Å². The molecule has 2 aromatic rings. The molecule has 19 heavy (non-hydrogen) atoms. The van der Waals surface area contributed by atoms with E-state index in [0.29, 0.717) is 13.1 Å². The van der Waals surface area contributed by atoms with Crippen LogP contribution in [0.25, 0.3) is 10.8 Å². The Bertz CT molecular complexity index is 564. The third-order valence-electron chi connectivity index (χ3n) is 3.07. The molecule has 100 valence electrons. The lowest BCUT2D eigenvalue weighted by atomic mass is 10.1. The predicted octanol–water partition coefficient (Wildman–Crippen LogP) is 2.69. The number of nitrogens with one attached hydrogen (secondary N) is 1. The van der Waals surface area contributed by atoms with Crippen LogP contribution in [0.2, 0.25) is 0 Å². The SMILES string of the molecule is CCN(CCO)C(=O)Nc1cccc2ccccc12. The smallest absolute Gasteiger partial charge is 0.321 e. The molecule has 0 aliphatic heterocycles. The Morgan fingerprint density at radius 1 is 1.21 bits per heavy atom. The van der Waals surface area contributed by atoms with Gasteiger partial charge in [-0.3, -0.25) is 0 Å². The summed E-state index contributed by atoms with van der Waals surface area (Å²) < 4.78 is 0. The van der Waals surface area contributed by atoms with Crippen molar-refractivity contribution < 1.29 is 9.90 Å². The minimum absolute atomic E-state index is 0.0310. The summed E-state index contributed by atoms with van der Waals surface area (Å²) >= 11 is 0. The molecule has 0 bridgehead atoms. The second kappa shape index (κ2) is 6.20. The first-order valence-electron chi connectivity index (χ1n) is 6.40. The van der Waals surface area contributed by atoms with Crippen LogP contribution in [0.15, 0.2) is 42.5 Å². The van der Waals surface area contributed by atoms with E-state index in [4.69, 9.17) is 5.11 Å². The van der Waals surface area contributed by atoms with Gasteiger partial charge >= 0.3 is 6.03 Å². The van der Waals surface area contributed by atoms with Crippen molar-refractivity contribution in [3.63, 3.8) is 0 Å². The molecule has 4 heteroatoms. The summed E-state index contributed by atoms with van der Waals surface area (Å²) in [5.41, 5.74) is 0.791. The number of rotatable bonds is 4. The van der Waals surface area contributed by atoms with Crippen molar-refractivity contribution in [3.8, 4) is 0 Å². The highest BCUT2D eigenvalue weighted by Crippen LogP contribution is 2.23. The first kappa shape index (κ1) is 13.4. The maximum Gasteiger partial charge on any atom is 0.321 e. The Balaban J connectivity index is 2.23. The van der Waals surface area contributed by atoms with Gasteiger partial charge in [-0.1, -0.05) is 36.4 Å². The molecule has 0 spiro atoms. The lowest BCUT2D eigenvalue weighted by Crippen LogP contribution is -2.36. The highest BCUT2D eigenvalue weighted by Gasteiger charge is 2.11. The summed E-state index contributed by atoms with van der Waals surface area (Å²) in [6, 6.07) is 13.5. The fourth-order valence-electron chi connectivity index (χ4n) is 2.05. The molecule has 0 heterocycles. The maximum absolute atomic E-state index is 12.1. The van der Waals surface area contributed by atoms with Crippen LogP contribution in [0, 0.1) is 0 Å². The van der Waals surface area contributed by atoms with E-state index < -0.39 is 0 Å². The van der Waals surface area contributed by atoms with Crippen LogP contribution >= 0.6 is 0 Å². The van der Waals surface area contributed by atoms with Gasteiger partial charge in [0.1, 0.15) is 0 Å². The molecule has 0 aliphatic rings. The summed E-state index contributed by atoms with van der Waals surface area (Å²) in [6.07, 6.45) is 0. The molecule has 0 radical (unpaired) electrons. The number of fused-ring (bicyclic) bond motifs is 1. The summed E-state index contributed by atoms with van der Waals surface area (Å²) in [4.78, 5) is 13.7. The van der Waals surface area contributed by atoms with Gasteiger partial charge in [-0.05, 0) is 18.4 Å². The number of likely N-dealkylation sites (N-methyl/N-ethyl adjacent to an activating group) is 1. The minimum atomic E-state index is -0.187. The summed E-state index contributed by atoms with van der Waals surface area (Å²) in [7, 11) is 0. The lowest BCUT2D eigenvalue weighted by molar-refractivity contribution is 0.192. The van der Waals surface area contributed by atoms with Crippen molar-refractivity contribution in [2.75, 3.05) is 25.0 Å². The Hall–Kier alpha value is -2.07. The number of carbonyl (C=O) groups is 1. The van der Waals surface area contributed by atoms with Crippen LogP contribution in [0.5, 0.6) is 0 Å². The first-order valence-corrected chi connectivity index (χ1v) is 6.40. The van der Waals surface area contributed by atoms with Gasteiger partial charge in [0.05, 0.1) is 12.3 Å². The van der Waals surface area contributed by atoms with Gasteiger partial charge in [-0.15, -0.1) is 0 Å². The third-order valence-corrected chi connectivity index (χ3v) is 3.07. The van der Waals surface area contributed by atoms with Gasteiger partial charge in [-0.25, -0.2) is 4.79 Å². The Labute approximate surface area is 112 Å². The van der Waals surface area contributed by atoms with Crippen LogP contribution in [-0.4, -0.2) is 35.7 Å². The molecule has 2 amide bonds. The van der Waals surface area contributed by atoms with E-state index in [2.05, 4.69) is 5.32 Å². The van der Waals surface area contributed by atoms with E-state index in [0.717, 1.165) is 16.5 Å². The zero-order chi connectivity index (χ0) is 13.7. The number of hydrogen-bond acceptors (Lipinski definition) is 2. The Morgan fingerprint density at radius 3 is 2.68 bits per heavy atom. The van der Waals surface area contributed by atoms with Crippen molar-refractivity contribution in [2.45, 2.75) is 6.92 Å². The summed E-state index contributed by atoms with van der Waals surface area (Å²) in [6.45, 7) is 2.76. The molecule has 2 N–H and O–H groups in total. The zero-order valence-electron chi connectivity index (χ0n) is 11.0. The molecule has 0 aliphatic carbocycles. The number of amides is 2. The molecule has 0 fully saturated rings. The van der Waals surface area contributed by atoms with Gasteiger partial charge in [0.25, 0.3) is 0 Å². The van der Waals surface area contributed by atoms with Gasteiger partial charge in [0, 0.05) is 18.5 Å². The van der Waals surface area contributed by atoms with Crippen molar-refractivity contribution in [1.29, 1.82) is 0 Å². The fourth-order valence-corrected chi connectivity index (χ4v) is 2.05. The average Bonchev–Trinajstić information content (AvgIpc) is 2.45. The number of carbonyl (C=O) groups excluding carboxylic acids is 1. The number of nitrogens with zero attached hydrogens (tertiary/aromatic N) is 1. The van der Waals surface area contributed by atoms with Gasteiger partial charge in [0.2, 0.25) is 0 Å². The van der Waals surface area contributed by atoms with Crippen LogP contribution in [0.4, 0.5) is 10.5 Å². The second-order valence-electron chi connectivity index (χ2n) is 4.26. The molecule has 2 rings (SSSR count). The van der Waals surface area contributed by atoms with Crippen LogP contribution < -0.4 is 5.32 Å². The highest BCUT2D eigenvalue weighted by molar-refractivity contribution is 6.01. The van der Waals surface area contributed by atoms with Gasteiger partial charge < -0.3 is 15.3 Å². The molecule has 0 saturated carbocycles. The largest absolute Gasteiger partial charge is 0.395 e. The first-order chi connectivity index (χ1) is 9.26. The van der Waals surface area contributed by atoms with Crippen molar-refractivity contribution in [3.05, 3.63) is 42.5 Å². The van der Waals surface area contributed by atoms with Crippen molar-refractivity contribution in [2.24, 2.45) is 0 Å². The molecule has 2 aromatic carbocycles. The quantitative estimate of drug-likeness (QED) is 0.886. The van der Waals surface area contributed by atoms with E-state index in [1.165, 1.54) is 0 Å². The van der Waals surface area contributed by atoms with Crippen LogP contribution in [0.1, 0.15) is 6.92 Å². The van der Waals surface area contributed by atoms with E-state index in [1.54, 1.807) is 4.90 Å². The molecule has 0 unspecified atom stereocenters. The van der Waals surface area contributed by atoms with E-state index in [1.807, 2.05) is 49.4 Å². The van der Waals surface area contributed by atoms with Crippen molar-refractivity contribution >= 4 is 22.5 Å². The standard InChI is InChI=1S/C15H18N2O2/c1-2-17(10-11-18)15(19)16-14-9-5-7-12-6-3-4-8-13(12)14/h3-9,18H,2,10-11H2,1H3,(H,16,19). The van der Waals surface area contributed by atoms with E-state index in [9.17, 15) is 4.79 Å². The second-order valence-corrected chi connectivity index (χ2v) is 4.26. The molecular formula is C15H18N2O2. The third kappa shape index (κ3) is 3.03. The number of benzene rings is 2. The Morgan fingerprint density at radius 2 is 1.95 bits per heavy atom. The number of aliphatic hydroxyl groups excluding tert-OH is 1. The topological polar surface area (TPSA) is 52.6 Å². The average molecular weight is 258 g/mol. The minimum Gasteiger partial charge on any atom is -0.395 e. The molecule has 0 saturated heterocycles. The molecule has 0 atom stereocenters. The maximum atomic E-state index is 12.1. The number of hydrogen-bond donors (Lipinski definition) is 2. The molecular weight excluding hydrogens is 240 g/mol. The zero-order valence-corrected chi connectivity index (χ0v) is 11.0. The van der Waals surface area contributed by atoms with Crippen LogP contribution in [0.3, 0.4) is 0 Å². The number of aliphatic hydroxyl groups is 1. The fraction of sp³-hybridized carbons (Fsp3) is 0.267. The number of urea groups is 1. The predicted molar refractivity (Wildman–Crippen MR) is 77.3 cm³/mol. The summed E-state index contributed by atoms with van der Waals surface area (Å²) in [5, 5.41) is 13.9. The normalized spacial score (nSPS) is 10.4. The monoisotopic (exact) mass is 258 g/mol. The van der Waals surface area contributed by atoms with Crippen molar-refractivity contribution in [1.82, 2.24) is 4.90 Å². The van der Waals surface area contributed by atoms with Gasteiger partial charge in [0.15, 0.2) is 0 Å². The Kier molecular flexibility index (Phi) is 4.36. The molecule has 4 nitrogen and oxygen atoms in total.